The van der Waals surface area contributed by atoms with Crippen LogP contribution in [0.5, 0.6) is 0 Å². The second kappa shape index (κ2) is 8.97. The first-order chi connectivity index (χ1) is 14.2. The number of halogens is 1. The number of anilines is 1. The van der Waals surface area contributed by atoms with Crippen molar-refractivity contribution in [2.24, 2.45) is 4.40 Å². The third kappa shape index (κ3) is 4.88. The Bertz CT molecular complexity index is 1100. The normalized spacial score (nSPS) is 18.1. The Labute approximate surface area is 178 Å². The lowest BCUT2D eigenvalue weighted by molar-refractivity contribution is -0.128. The molecule has 3 rings (SSSR count). The van der Waals surface area contributed by atoms with Gasteiger partial charge >= 0.3 is 0 Å². The average molecular weight is 450 g/mol. The molecule has 10 heteroatoms. The highest BCUT2D eigenvalue weighted by Gasteiger charge is 2.39. The minimum atomic E-state index is -4.13. The van der Waals surface area contributed by atoms with Crippen molar-refractivity contribution in [1.82, 2.24) is 4.90 Å². The molecule has 1 atom stereocenters. The predicted molar refractivity (Wildman–Crippen MR) is 114 cm³/mol. The Morgan fingerprint density at radius 3 is 2.50 bits per heavy atom. The van der Waals surface area contributed by atoms with Crippen LogP contribution >= 0.6 is 11.8 Å². The molecule has 0 radical (unpaired) electrons. The van der Waals surface area contributed by atoms with Gasteiger partial charge in [-0.05, 0) is 49.7 Å². The number of amidine groups is 1. The summed E-state index contributed by atoms with van der Waals surface area (Å²) in [6.07, 6.45) is -0.121. The van der Waals surface area contributed by atoms with Gasteiger partial charge in [0.25, 0.3) is 10.0 Å². The van der Waals surface area contributed by atoms with Gasteiger partial charge in [-0.25, -0.2) is 4.39 Å². The van der Waals surface area contributed by atoms with Crippen LogP contribution in [0.15, 0.2) is 57.8 Å². The fourth-order valence-electron chi connectivity index (χ4n) is 2.85. The summed E-state index contributed by atoms with van der Waals surface area (Å²) in [5, 5.41) is 1.99. The zero-order chi connectivity index (χ0) is 21.9. The maximum Gasteiger partial charge on any atom is 0.284 e. The van der Waals surface area contributed by atoms with E-state index in [9.17, 15) is 22.4 Å². The van der Waals surface area contributed by atoms with Crippen LogP contribution < -0.4 is 5.32 Å². The van der Waals surface area contributed by atoms with Gasteiger partial charge in [0.05, 0.1) is 4.90 Å². The number of carbonyl (C=O) groups excluding carboxylic acids is 2. The van der Waals surface area contributed by atoms with Gasteiger partial charge in [0, 0.05) is 18.7 Å². The number of sulfonamides is 1. The van der Waals surface area contributed by atoms with Crippen LogP contribution in [0.3, 0.4) is 0 Å². The highest BCUT2D eigenvalue weighted by atomic mass is 32.2. The molecule has 0 aromatic heterocycles. The highest BCUT2D eigenvalue weighted by molar-refractivity contribution is 8.16. The van der Waals surface area contributed by atoms with E-state index in [1.54, 1.807) is 19.1 Å². The quantitative estimate of drug-likeness (QED) is 0.731. The molecule has 1 fully saturated rings. The molecule has 1 N–H and O–H groups in total. The summed E-state index contributed by atoms with van der Waals surface area (Å²) >= 11 is 0.932. The minimum absolute atomic E-state index is 0.000478. The topological polar surface area (TPSA) is 95.9 Å². The van der Waals surface area contributed by atoms with Crippen molar-refractivity contribution in [2.75, 3.05) is 11.9 Å². The van der Waals surface area contributed by atoms with Gasteiger partial charge in [0.1, 0.15) is 11.1 Å². The monoisotopic (exact) mass is 449 g/mol. The fourth-order valence-corrected chi connectivity index (χ4v) is 5.26. The lowest BCUT2D eigenvalue weighted by atomic mass is 10.2. The number of amides is 2. The van der Waals surface area contributed by atoms with Crippen LogP contribution in [0.2, 0.25) is 0 Å². The number of nitrogens with one attached hydrogen (secondary N) is 1. The van der Waals surface area contributed by atoms with Crippen LogP contribution in [0.4, 0.5) is 10.1 Å². The van der Waals surface area contributed by atoms with Crippen molar-refractivity contribution < 1.29 is 22.4 Å². The van der Waals surface area contributed by atoms with Crippen LogP contribution in [-0.2, 0) is 19.6 Å². The molecule has 0 spiro atoms. The van der Waals surface area contributed by atoms with Crippen molar-refractivity contribution in [1.29, 1.82) is 0 Å². The lowest BCUT2D eigenvalue weighted by Gasteiger charge is -2.13. The van der Waals surface area contributed by atoms with Crippen molar-refractivity contribution in [3.05, 3.63) is 59.9 Å². The second-order valence-corrected chi connectivity index (χ2v) is 9.33. The number of aryl methyl sites for hydroxylation is 1. The average Bonchev–Trinajstić information content (AvgIpc) is 2.97. The summed E-state index contributed by atoms with van der Waals surface area (Å²) in [4.78, 5) is 26.1. The third-order valence-electron chi connectivity index (χ3n) is 4.44. The number of para-hydroxylation sites is 1. The molecule has 0 bridgehead atoms. The molecule has 1 heterocycles. The Morgan fingerprint density at radius 2 is 1.87 bits per heavy atom. The summed E-state index contributed by atoms with van der Waals surface area (Å²) in [5.41, 5.74) is 1.54. The van der Waals surface area contributed by atoms with E-state index in [1.165, 1.54) is 4.90 Å². The van der Waals surface area contributed by atoms with Crippen LogP contribution in [0.25, 0.3) is 0 Å². The van der Waals surface area contributed by atoms with Crippen LogP contribution in [0.1, 0.15) is 18.9 Å². The van der Waals surface area contributed by atoms with Gasteiger partial charge in [0.2, 0.25) is 11.8 Å². The number of hydrogen-bond acceptors (Lipinski definition) is 5. The molecule has 30 heavy (non-hydrogen) atoms. The summed E-state index contributed by atoms with van der Waals surface area (Å²) in [6, 6.07) is 11.5. The molecule has 1 aliphatic rings. The molecule has 1 saturated heterocycles. The largest absolute Gasteiger partial charge is 0.326 e. The highest BCUT2D eigenvalue weighted by Crippen LogP contribution is 2.31. The van der Waals surface area contributed by atoms with Gasteiger partial charge in [-0.2, -0.15) is 8.42 Å². The van der Waals surface area contributed by atoms with E-state index in [0.29, 0.717) is 5.69 Å². The molecule has 0 saturated carbocycles. The molecule has 2 amide bonds. The number of carbonyl (C=O) groups is 2. The first kappa shape index (κ1) is 22.0. The van der Waals surface area contributed by atoms with E-state index in [-0.39, 0.29) is 34.8 Å². The van der Waals surface area contributed by atoms with Gasteiger partial charge in [0.15, 0.2) is 5.17 Å². The minimum Gasteiger partial charge on any atom is -0.326 e. The van der Waals surface area contributed by atoms with E-state index in [0.717, 1.165) is 41.6 Å². The van der Waals surface area contributed by atoms with E-state index in [2.05, 4.69) is 9.71 Å². The number of rotatable bonds is 6. The van der Waals surface area contributed by atoms with Crippen LogP contribution in [0, 0.1) is 12.7 Å². The summed E-state index contributed by atoms with van der Waals surface area (Å²) in [5.74, 6) is -1.30. The molecule has 1 unspecified atom stereocenters. The van der Waals surface area contributed by atoms with E-state index in [1.807, 2.05) is 19.1 Å². The van der Waals surface area contributed by atoms with Gasteiger partial charge < -0.3 is 5.32 Å². The zero-order valence-electron chi connectivity index (χ0n) is 16.3. The third-order valence-corrected chi connectivity index (χ3v) is 7.01. The summed E-state index contributed by atoms with van der Waals surface area (Å²) in [7, 11) is -4.13. The number of nitrogens with zero attached hydrogens (tertiary/aromatic N) is 2. The SMILES string of the molecule is CCN1C(=O)C(CC(=O)Nc2ccccc2C)S/C1=N\S(=O)(=O)c1ccc(F)cc1. The molecular weight excluding hydrogens is 429 g/mol. The standard InChI is InChI=1S/C20H20FN3O4S2/c1-3-24-19(26)17(12-18(25)22-16-7-5-4-6-13(16)2)29-20(24)23-30(27,28)15-10-8-14(21)9-11-15/h4-11,17H,3,12H2,1-2H3,(H,22,25)/b23-20-. The lowest BCUT2D eigenvalue weighted by Crippen LogP contribution is -2.33. The van der Waals surface area contributed by atoms with Crippen LogP contribution in [-0.4, -0.2) is 42.1 Å². The van der Waals surface area contributed by atoms with Crippen molar-refractivity contribution in [2.45, 2.75) is 30.4 Å². The summed E-state index contributed by atoms with van der Waals surface area (Å²) in [6.45, 7) is 3.75. The molecule has 158 valence electrons. The first-order valence-corrected chi connectivity index (χ1v) is 11.5. The van der Waals surface area contributed by atoms with Gasteiger partial charge in [-0.1, -0.05) is 30.0 Å². The predicted octanol–water partition coefficient (Wildman–Crippen LogP) is 3.17. The van der Waals surface area contributed by atoms with E-state index >= 15 is 0 Å². The Kier molecular flexibility index (Phi) is 6.57. The molecule has 1 aliphatic heterocycles. The smallest absolute Gasteiger partial charge is 0.284 e. The maximum absolute atomic E-state index is 13.1. The molecule has 2 aromatic rings. The van der Waals surface area contributed by atoms with E-state index < -0.39 is 21.1 Å². The zero-order valence-corrected chi connectivity index (χ0v) is 18.0. The number of hydrogen-bond donors (Lipinski definition) is 1. The van der Waals surface area contributed by atoms with Gasteiger partial charge in [-0.15, -0.1) is 4.40 Å². The molecular formula is C20H20FN3O4S2. The Morgan fingerprint density at radius 1 is 1.20 bits per heavy atom. The second-order valence-electron chi connectivity index (χ2n) is 6.56. The first-order valence-electron chi connectivity index (χ1n) is 9.15. The van der Waals surface area contributed by atoms with Crippen molar-refractivity contribution in [3.8, 4) is 0 Å². The molecule has 2 aromatic carbocycles. The Balaban J connectivity index is 1.77. The molecule has 7 nitrogen and oxygen atoms in total. The maximum atomic E-state index is 13.1. The van der Waals surface area contributed by atoms with Gasteiger partial charge in [-0.3, -0.25) is 14.5 Å². The summed E-state index contributed by atoms with van der Waals surface area (Å²) < 4.78 is 41.9. The van der Waals surface area contributed by atoms with Crippen molar-refractivity contribution >= 4 is 44.5 Å². The number of thioether (sulfide) groups is 1. The van der Waals surface area contributed by atoms with E-state index in [4.69, 9.17) is 0 Å². The molecule has 0 aliphatic carbocycles. The Hall–Kier alpha value is -2.72. The fraction of sp³-hybridized carbons (Fsp3) is 0.250. The number of benzene rings is 2. The van der Waals surface area contributed by atoms with Crippen molar-refractivity contribution in [3.63, 3.8) is 0 Å².